The summed E-state index contributed by atoms with van der Waals surface area (Å²) in [7, 11) is -2.49. The lowest BCUT2D eigenvalue weighted by molar-refractivity contribution is 0.102. The first-order valence-electron chi connectivity index (χ1n) is 8.24. The molecule has 0 radical (unpaired) electrons. The van der Waals surface area contributed by atoms with E-state index in [1.54, 1.807) is 6.07 Å². The summed E-state index contributed by atoms with van der Waals surface area (Å²) in [6.07, 6.45) is 0.579. The summed E-state index contributed by atoms with van der Waals surface area (Å²) >= 11 is 0. The van der Waals surface area contributed by atoms with Gasteiger partial charge in [0.1, 0.15) is 11.6 Å². The predicted octanol–water partition coefficient (Wildman–Crippen LogP) is 2.15. The Morgan fingerprint density at radius 1 is 1.26 bits per heavy atom. The molecule has 0 saturated carbocycles. The van der Waals surface area contributed by atoms with Crippen molar-refractivity contribution in [2.45, 2.75) is 17.4 Å². The Hall–Kier alpha value is -2.49. The van der Waals surface area contributed by atoms with Crippen LogP contribution in [0.4, 0.5) is 10.1 Å². The number of rotatable bonds is 6. The highest BCUT2D eigenvalue weighted by atomic mass is 32.2. The van der Waals surface area contributed by atoms with Crippen LogP contribution < -0.4 is 14.8 Å². The van der Waals surface area contributed by atoms with Gasteiger partial charge in [-0.2, -0.15) is 0 Å². The minimum absolute atomic E-state index is 0.0148. The van der Waals surface area contributed by atoms with Gasteiger partial charge in [-0.15, -0.1) is 0 Å². The number of hydrogen-bond donors (Lipinski definition) is 2. The van der Waals surface area contributed by atoms with Crippen LogP contribution in [0.5, 0.6) is 5.75 Å². The van der Waals surface area contributed by atoms with Gasteiger partial charge in [-0.1, -0.05) is 12.1 Å². The van der Waals surface area contributed by atoms with Crippen LogP contribution in [0.25, 0.3) is 0 Å². The second-order valence-corrected chi connectivity index (χ2v) is 7.69. The molecule has 0 unspecified atom stereocenters. The standard InChI is InChI=1S/C18H19FN2O5S/c1-25-17-7-6-13(27(23,24)21-12-8-9-26-11-12)10-14(17)18(22)20-16-5-3-2-4-15(16)19/h2-7,10,12,21H,8-9,11H2,1H3,(H,20,22)/t12-/m0/s1. The fourth-order valence-electron chi connectivity index (χ4n) is 2.70. The van der Waals surface area contributed by atoms with Gasteiger partial charge in [-0.3, -0.25) is 4.79 Å². The van der Waals surface area contributed by atoms with E-state index in [2.05, 4.69) is 10.0 Å². The largest absolute Gasteiger partial charge is 0.496 e. The SMILES string of the molecule is COc1ccc(S(=O)(=O)N[C@H]2CCOC2)cc1C(=O)Nc1ccccc1F. The molecule has 0 aromatic heterocycles. The predicted molar refractivity (Wildman–Crippen MR) is 96.9 cm³/mol. The smallest absolute Gasteiger partial charge is 0.259 e. The van der Waals surface area contributed by atoms with Crippen molar-refractivity contribution >= 4 is 21.6 Å². The minimum atomic E-state index is -3.85. The molecule has 1 aliphatic rings. The van der Waals surface area contributed by atoms with Crippen LogP contribution in [0, 0.1) is 5.82 Å². The van der Waals surface area contributed by atoms with Crippen LogP contribution in [-0.4, -0.2) is 40.7 Å². The maximum absolute atomic E-state index is 13.8. The molecule has 2 aromatic rings. The van der Waals surface area contributed by atoms with Crippen LogP contribution in [0.15, 0.2) is 47.4 Å². The number of halogens is 1. The molecule has 0 spiro atoms. The Bertz CT molecular complexity index is 943. The average molecular weight is 394 g/mol. The van der Waals surface area contributed by atoms with Crippen molar-refractivity contribution in [3.05, 3.63) is 53.8 Å². The van der Waals surface area contributed by atoms with Crippen LogP contribution in [0.2, 0.25) is 0 Å². The molecule has 1 atom stereocenters. The zero-order valence-electron chi connectivity index (χ0n) is 14.6. The summed E-state index contributed by atoms with van der Waals surface area (Å²) in [4.78, 5) is 12.5. The third kappa shape index (κ3) is 4.44. The van der Waals surface area contributed by atoms with Gasteiger partial charge in [0.25, 0.3) is 5.91 Å². The monoisotopic (exact) mass is 394 g/mol. The Morgan fingerprint density at radius 3 is 2.70 bits per heavy atom. The molecule has 9 heteroatoms. The Labute approximate surface area is 156 Å². The van der Waals surface area contributed by atoms with E-state index in [-0.39, 0.29) is 27.9 Å². The Balaban J connectivity index is 1.89. The average Bonchev–Trinajstić information content (AvgIpc) is 3.15. The summed E-state index contributed by atoms with van der Waals surface area (Å²) in [5.41, 5.74) is -0.0367. The molecule has 3 rings (SSSR count). The molecule has 1 amide bonds. The van der Waals surface area contributed by atoms with Gasteiger partial charge >= 0.3 is 0 Å². The highest BCUT2D eigenvalue weighted by Gasteiger charge is 2.25. The van der Waals surface area contributed by atoms with E-state index >= 15 is 0 Å². The van der Waals surface area contributed by atoms with Gasteiger partial charge in [0, 0.05) is 12.6 Å². The lowest BCUT2D eigenvalue weighted by Gasteiger charge is -2.14. The molecule has 27 heavy (non-hydrogen) atoms. The Morgan fingerprint density at radius 2 is 2.04 bits per heavy atom. The minimum Gasteiger partial charge on any atom is -0.496 e. The van der Waals surface area contributed by atoms with Crippen molar-refractivity contribution in [3.63, 3.8) is 0 Å². The number of ether oxygens (including phenoxy) is 2. The molecule has 144 valence electrons. The van der Waals surface area contributed by atoms with Gasteiger partial charge < -0.3 is 14.8 Å². The van der Waals surface area contributed by atoms with Gasteiger partial charge in [0.2, 0.25) is 10.0 Å². The molecule has 0 bridgehead atoms. The van der Waals surface area contributed by atoms with E-state index in [4.69, 9.17) is 9.47 Å². The van der Waals surface area contributed by atoms with E-state index in [1.165, 1.54) is 43.5 Å². The van der Waals surface area contributed by atoms with Gasteiger partial charge in [0.15, 0.2) is 0 Å². The number of hydrogen-bond acceptors (Lipinski definition) is 5. The molecule has 0 aliphatic carbocycles. The molecular weight excluding hydrogens is 375 g/mol. The fourth-order valence-corrected chi connectivity index (χ4v) is 3.98. The van der Waals surface area contributed by atoms with Crippen molar-refractivity contribution in [2.24, 2.45) is 0 Å². The lowest BCUT2D eigenvalue weighted by atomic mass is 10.2. The molecule has 7 nitrogen and oxygen atoms in total. The number of sulfonamides is 1. The van der Waals surface area contributed by atoms with Crippen LogP contribution >= 0.6 is 0 Å². The molecule has 1 saturated heterocycles. The highest BCUT2D eigenvalue weighted by molar-refractivity contribution is 7.89. The summed E-state index contributed by atoms with van der Waals surface area (Å²) in [6, 6.07) is 9.30. The molecule has 1 heterocycles. The van der Waals surface area contributed by atoms with Crippen molar-refractivity contribution in [2.75, 3.05) is 25.6 Å². The van der Waals surface area contributed by atoms with Crippen molar-refractivity contribution in [1.82, 2.24) is 4.72 Å². The summed E-state index contributed by atoms with van der Waals surface area (Å²) < 4.78 is 51.8. The number of amides is 1. The molecule has 1 fully saturated rings. The summed E-state index contributed by atoms with van der Waals surface area (Å²) in [5, 5.41) is 2.42. The number of benzene rings is 2. The summed E-state index contributed by atoms with van der Waals surface area (Å²) in [5.74, 6) is -1.11. The number of carbonyl (C=O) groups is 1. The zero-order valence-corrected chi connectivity index (χ0v) is 15.4. The van der Waals surface area contributed by atoms with E-state index < -0.39 is 21.7 Å². The third-order valence-corrected chi connectivity index (χ3v) is 5.62. The lowest BCUT2D eigenvalue weighted by Crippen LogP contribution is -2.35. The fraction of sp³-hybridized carbons (Fsp3) is 0.278. The van der Waals surface area contributed by atoms with Crippen molar-refractivity contribution < 1.29 is 27.1 Å². The van der Waals surface area contributed by atoms with Crippen molar-refractivity contribution in [3.8, 4) is 5.75 Å². The van der Waals surface area contributed by atoms with E-state index in [0.717, 1.165) is 0 Å². The normalized spacial score (nSPS) is 16.9. The van der Waals surface area contributed by atoms with Gasteiger partial charge in [-0.05, 0) is 36.8 Å². The van der Waals surface area contributed by atoms with Crippen LogP contribution in [-0.2, 0) is 14.8 Å². The molecule has 2 N–H and O–H groups in total. The van der Waals surface area contributed by atoms with Crippen molar-refractivity contribution in [1.29, 1.82) is 0 Å². The van der Waals surface area contributed by atoms with Gasteiger partial charge in [0.05, 0.1) is 29.9 Å². The first-order chi connectivity index (χ1) is 12.9. The molecule has 1 aliphatic heterocycles. The second-order valence-electron chi connectivity index (χ2n) is 5.98. The first kappa shape index (κ1) is 19.3. The third-order valence-electron chi connectivity index (χ3n) is 4.10. The number of para-hydroxylation sites is 1. The first-order valence-corrected chi connectivity index (χ1v) is 9.73. The number of anilines is 1. The second kappa shape index (κ2) is 8.03. The van der Waals surface area contributed by atoms with Crippen LogP contribution in [0.3, 0.4) is 0 Å². The maximum atomic E-state index is 13.8. The molecular formula is C18H19FN2O5S. The van der Waals surface area contributed by atoms with E-state index in [0.29, 0.717) is 19.6 Å². The highest BCUT2D eigenvalue weighted by Crippen LogP contribution is 2.25. The zero-order chi connectivity index (χ0) is 19.4. The molecule has 2 aromatic carbocycles. The van der Waals surface area contributed by atoms with Gasteiger partial charge in [-0.25, -0.2) is 17.5 Å². The quantitative estimate of drug-likeness (QED) is 0.783. The van der Waals surface area contributed by atoms with E-state index in [1.807, 2.05) is 0 Å². The number of nitrogens with one attached hydrogen (secondary N) is 2. The summed E-state index contributed by atoms with van der Waals surface area (Å²) in [6.45, 7) is 0.794. The maximum Gasteiger partial charge on any atom is 0.259 e. The number of methoxy groups -OCH3 is 1. The Kier molecular flexibility index (Phi) is 5.73. The van der Waals surface area contributed by atoms with Crippen LogP contribution in [0.1, 0.15) is 16.8 Å². The van der Waals surface area contributed by atoms with E-state index in [9.17, 15) is 17.6 Å². The number of carbonyl (C=O) groups excluding carboxylic acids is 1. The topological polar surface area (TPSA) is 93.7 Å².